The summed E-state index contributed by atoms with van der Waals surface area (Å²) in [5.41, 5.74) is 0.265. The number of carbonyl (C=O) groups is 2. The van der Waals surface area contributed by atoms with E-state index in [0.29, 0.717) is 44.6 Å². The fraction of sp³-hybridized carbons (Fsp3) is 0.579. The van der Waals surface area contributed by atoms with Crippen molar-refractivity contribution in [2.24, 2.45) is 0 Å². The van der Waals surface area contributed by atoms with Crippen molar-refractivity contribution in [2.45, 2.75) is 37.5 Å². The quantitative estimate of drug-likeness (QED) is 0.461. The van der Waals surface area contributed by atoms with Gasteiger partial charge in [-0.15, -0.1) is 11.8 Å². The molecule has 2 aliphatic heterocycles. The number of nitro benzene ring substituents is 1. The molecule has 2 aliphatic rings. The Labute approximate surface area is 168 Å². The molecular weight excluding hydrogens is 380 g/mol. The van der Waals surface area contributed by atoms with Crippen molar-refractivity contribution in [3.8, 4) is 0 Å². The van der Waals surface area contributed by atoms with Crippen molar-refractivity contribution >= 4 is 29.4 Å². The minimum atomic E-state index is -0.485. The van der Waals surface area contributed by atoms with Crippen LogP contribution in [0.1, 0.15) is 43.0 Å². The molecule has 0 aromatic heterocycles. The van der Waals surface area contributed by atoms with Crippen LogP contribution in [0.4, 0.5) is 10.5 Å². The molecule has 1 aromatic carbocycles. The Bertz CT molecular complexity index is 749. The first-order valence-corrected chi connectivity index (χ1v) is 10.7. The number of non-ortho nitro benzene ring substituents is 1. The first-order chi connectivity index (χ1) is 13.5. The van der Waals surface area contributed by atoms with E-state index in [0.717, 1.165) is 18.6 Å². The smallest absolute Gasteiger partial charge is 0.317 e. The van der Waals surface area contributed by atoms with Crippen LogP contribution in [0.5, 0.6) is 0 Å². The molecule has 1 aromatic rings. The normalized spacial score (nSPS) is 18.3. The monoisotopic (exact) mass is 406 g/mol. The lowest BCUT2D eigenvalue weighted by Crippen LogP contribution is -2.55. The SMILES string of the molecule is CCCCNC(=O)N1CCC2(CC1)SCCN2C(=O)c1cccc([N+](=O)[O-])c1. The molecule has 3 rings (SSSR count). The van der Waals surface area contributed by atoms with E-state index in [-0.39, 0.29) is 22.5 Å². The number of hydrogen-bond acceptors (Lipinski definition) is 5. The Balaban J connectivity index is 1.66. The number of nitrogens with zero attached hydrogens (tertiary/aromatic N) is 3. The van der Waals surface area contributed by atoms with Gasteiger partial charge in [0.05, 0.1) is 9.79 Å². The maximum absolute atomic E-state index is 13.1. The number of likely N-dealkylation sites (tertiary alicyclic amines) is 1. The van der Waals surface area contributed by atoms with Gasteiger partial charge in [-0.1, -0.05) is 19.4 Å². The molecule has 28 heavy (non-hydrogen) atoms. The molecule has 1 N–H and O–H groups in total. The molecule has 0 bridgehead atoms. The predicted octanol–water partition coefficient (Wildman–Crippen LogP) is 3.09. The zero-order valence-electron chi connectivity index (χ0n) is 16.1. The highest BCUT2D eigenvalue weighted by atomic mass is 32.2. The van der Waals surface area contributed by atoms with Crippen molar-refractivity contribution in [3.05, 3.63) is 39.9 Å². The van der Waals surface area contributed by atoms with Gasteiger partial charge in [-0.05, 0) is 25.3 Å². The highest BCUT2D eigenvalue weighted by molar-refractivity contribution is 8.00. The van der Waals surface area contributed by atoms with E-state index in [1.807, 2.05) is 9.80 Å². The van der Waals surface area contributed by atoms with Crippen LogP contribution in [-0.2, 0) is 0 Å². The topological polar surface area (TPSA) is 95.8 Å². The average molecular weight is 407 g/mol. The zero-order valence-corrected chi connectivity index (χ0v) is 16.9. The van der Waals surface area contributed by atoms with Crippen LogP contribution >= 0.6 is 11.8 Å². The molecule has 9 heteroatoms. The van der Waals surface area contributed by atoms with Crippen LogP contribution in [-0.4, -0.2) is 63.5 Å². The van der Waals surface area contributed by atoms with Gasteiger partial charge in [-0.25, -0.2) is 4.79 Å². The number of nitro groups is 1. The number of urea groups is 1. The maximum Gasteiger partial charge on any atom is 0.317 e. The van der Waals surface area contributed by atoms with Gasteiger partial charge in [-0.3, -0.25) is 14.9 Å². The number of unbranched alkanes of at least 4 members (excludes halogenated alkanes) is 1. The van der Waals surface area contributed by atoms with E-state index >= 15 is 0 Å². The van der Waals surface area contributed by atoms with Crippen LogP contribution in [0, 0.1) is 10.1 Å². The molecule has 0 radical (unpaired) electrons. The van der Waals surface area contributed by atoms with E-state index in [1.54, 1.807) is 23.9 Å². The van der Waals surface area contributed by atoms with Crippen molar-refractivity contribution in [3.63, 3.8) is 0 Å². The van der Waals surface area contributed by atoms with Gasteiger partial charge >= 0.3 is 6.03 Å². The second-order valence-corrected chi connectivity index (χ2v) is 8.59. The van der Waals surface area contributed by atoms with Gasteiger partial charge in [0.15, 0.2) is 0 Å². The highest BCUT2D eigenvalue weighted by Gasteiger charge is 2.47. The number of amides is 3. The van der Waals surface area contributed by atoms with Gasteiger partial charge in [0.2, 0.25) is 0 Å². The molecule has 0 atom stereocenters. The Morgan fingerprint density at radius 2 is 2.04 bits per heavy atom. The lowest BCUT2D eigenvalue weighted by atomic mass is 10.0. The Kier molecular flexibility index (Phi) is 6.43. The van der Waals surface area contributed by atoms with Crippen LogP contribution in [0.3, 0.4) is 0 Å². The molecule has 2 heterocycles. The minimum absolute atomic E-state index is 0.0390. The largest absolute Gasteiger partial charge is 0.338 e. The summed E-state index contributed by atoms with van der Waals surface area (Å²) in [5, 5.41) is 14.0. The molecule has 0 saturated carbocycles. The van der Waals surface area contributed by atoms with E-state index in [2.05, 4.69) is 12.2 Å². The van der Waals surface area contributed by atoms with Gasteiger partial charge < -0.3 is 15.1 Å². The Morgan fingerprint density at radius 1 is 1.29 bits per heavy atom. The Hall–Kier alpha value is -2.29. The zero-order chi connectivity index (χ0) is 20.1. The summed E-state index contributed by atoms with van der Waals surface area (Å²) in [7, 11) is 0. The number of nitrogens with one attached hydrogen (secondary N) is 1. The summed E-state index contributed by atoms with van der Waals surface area (Å²) in [5.74, 6) is 0.665. The number of thioether (sulfide) groups is 1. The van der Waals surface area contributed by atoms with Crippen LogP contribution in [0.2, 0.25) is 0 Å². The summed E-state index contributed by atoms with van der Waals surface area (Å²) in [6, 6.07) is 5.87. The average Bonchev–Trinajstić information content (AvgIpc) is 3.11. The van der Waals surface area contributed by atoms with Gasteiger partial charge in [0.1, 0.15) is 0 Å². The summed E-state index contributed by atoms with van der Waals surface area (Å²) < 4.78 is 0. The molecule has 2 fully saturated rings. The van der Waals surface area contributed by atoms with Gasteiger partial charge in [0.25, 0.3) is 11.6 Å². The number of piperidine rings is 1. The second-order valence-electron chi connectivity index (χ2n) is 7.13. The van der Waals surface area contributed by atoms with Crippen LogP contribution < -0.4 is 5.32 Å². The van der Waals surface area contributed by atoms with Crippen molar-refractivity contribution in [1.82, 2.24) is 15.1 Å². The highest BCUT2D eigenvalue weighted by Crippen LogP contribution is 2.44. The maximum atomic E-state index is 13.1. The Morgan fingerprint density at radius 3 is 2.71 bits per heavy atom. The fourth-order valence-corrected chi connectivity index (χ4v) is 5.22. The molecule has 152 valence electrons. The molecule has 0 aliphatic carbocycles. The summed E-state index contributed by atoms with van der Waals surface area (Å²) in [6.07, 6.45) is 3.42. The lowest BCUT2D eigenvalue weighted by Gasteiger charge is -2.44. The molecule has 3 amide bonds. The number of rotatable bonds is 5. The number of hydrogen-bond donors (Lipinski definition) is 1. The molecule has 2 saturated heterocycles. The second kappa shape index (κ2) is 8.81. The molecule has 0 unspecified atom stereocenters. The summed E-state index contributed by atoms with van der Waals surface area (Å²) in [6.45, 7) is 4.59. The molecular formula is C19H26N4O4S. The van der Waals surface area contributed by atoms with Crippen molar-refractivity contribution in [1.29, 1.82) is 0 Å². The van der Waals surface area contributed by atoms with E-state index in [9.17, 15) is 19.7 Å². The third-order valence-corrected chi connectivity index (χ3v) is 6.92. The standard InChI is InChI=1S/C19H26N4O4S/c1-2-3-9-20-18(25)21-10-7-19(8-11-21)22(12-13-28-19)17(24)15-5-4-6-16(14-15)23(26)27/h4-6,14H,2-3,7-13H2,1H3,(H,20,25). The molecule has 1 spiro atoms. The van der Waals surface area contributed by atoms with E-state index in [4.69, 9.17) is 0 Å². The lowest BCUT2D eigenvalue weighted by molar-refractivity contribution is -0.384. The first-order valence-electron chi connectivity index (χ1n) is 9.70. The summed E-state index contributed by atoms with van der Waals surface area (Å²) >= 11 is 1.76. The fourth-order valence-electron chi connectivity index (χ4n) is 3.76. The van der Waals surface area contributed by atoms with E-state index in [1.165, 1.54) is 12.1 Å². The van der Waals surface area contributed by atoms with E-state index < -0.39 is 4.92 Å². The van der Waals surface area contributed by atoms with Crippen LogP contribution in [0.15, 0.2) is 24.3 Å². The third kappa shape index (κ3) is 4.24. The minimum Gasteiger partial charge on any atom is -0.338 e. The van der Waals surface area contributed by atoms with Gasteiger partial charge in [0, 0.05) is 49.6 Å². The third-order valence-electron chi connectivity index (χ3n) is 5.37. The molecule has 8 nitrogen and oxygen atoms in total. The number of carbonyl (C=O) groups excluding carboxylic acids is 2. The summed E-state index contributed by atoms with van der Waals surface area (Å²) in [4.78, 5) is 39.2. The van der Waals surface area contributed by atoms with Gasteiger partial charge in [-0.2, -0.15) is 0 Å². The first kappa shape index (κ1) is 20.4. The van der Waals surface area contributed by atoms with Crippen molar-refractivity contribution in [2.75, 3.05) is 31.9 Å². The van der Waals surface area contributed by atoms with Crippen LogP contribution in [0.25, 0.3) is 0 Å². The predicted molar refractivity (Wildman–Crippen MR) is 108 cm³/mol. The number of benzene rings is 1. The van der Waals surface area contributed by atoms with Crippen molar-refractivity contribution < 1.29 is 14.5 Å².